The van der Waals surface area contributed by atoms with Crippen LogP contribution in [0.25, 0.3) is 0 Å². The minimum Gasteiger partial charge on any atom is -0.311 e. The van der Waals surface area contributed by atoms with E-state index in [0.29, 0.717) is 6.04 Å². The van der Waals surface area contributed by atoms with Gasteiger partial charge < -0.3 is 10.2 Å². The molecule has 0 bridgehead atoms. The fourth-order valence-electron chi connectivity index (χ4n) is 2.84. The first kappa shape index (κ1) is 14.5. The minimum atomic E-state index is 0.532. The number of nitrogens with zero attached hydrogens (tertiary/aromatic N) is 2. The predicted octanol–water partition coefficient (Wildman–Crippen LogP) is 2.10. The highest BCUT2D eigenvalue weighted by Gasteiger charge is 2.24. The van der Waals surface area contributed by atoms with E-state index in [9.17, 15) is 0 Å². The van der Waals surface area contributed by atoms with Crippen LogP contribution in [0.2, 0.25) is 0 Å². The maximum atomic E-state index is 3.56. The van der Waals surface area contributed by atoms with Gasteiger partial charge in [0.1, 0.15) is 0 Å². The fourth-order valence-corrected chi connectivity index (χ4v) is 2.84. The van der Waals surface area contributed by atoms with Gasteiger partial charge in [0.25, 0.3) is 0 Å². The Bertz CT molecular complexity index is 389. The van der Waals surface area contributed by atoms with Gasteiger partial charge in [-0.15, -0.1) is 0 Å². The number of benzene rings is 1. The summed E-state index contributed by atoms with van der Waals surface area (Å²) in [7, 11) is 4.30. The van der Waals surface area contributed by atoms with Crippen molar-refractivity contribution in [3.05, 3.63) is 35.4 Å². The summed E-state index contributed by atoms with van der Waals surface area (Å²) < 4.78 is 0. The fraction of sp³-hybridized carbons (Fsp3) is 0.625. The van der Waals surface area contributed by atoms with Crippen molar-refractivity contribution in [3.8, 4) is 0 Å². The number of nitrogens with one attached hydrogen (secondary N) is 1. The molecule has 2 rings (SSSR count). The van der Waals surface area contributed by atoms with Gasteiger partial charge in [-0.05, 0) is 38.2 Å². The summed E-state index contributed by atoms with van der Waals surface area (Å²) in [6.45, 7) is 7.80. The van der Waals surface area contributed by atoms with Gasteiger partial charge in [0, 0.05) is 32.2 Å². The van der Waals surface area contributed by atoms with Crippen molar-refractivity contribution < 1.29 is 0 Å². The number of hydrogen-bond acceptors (Lipinski definition) is 3. The molecule has 0 fully saturated rings. The summed E-state index contributed by atoms with van der Waals surface area (Å²) >= 11 is 0. The first-order valence-corrected chi connectivity index (χ1v) is 7.39. The van der Waals surface area contributed by atoms with Gasteiger partial charge >= 0.3 is 0 Å². The van der Waals surface area contributed by atoms with E-state index in [1.807, 2.05) is 0 Å². The quantitative estimate of drug-likeness (QED) is 0.846. The van der Waals surface area contributed by atoms with E-state index in [-0.39, 0.29) is 0 Å². The summed E-state index contributed by atoms with van der Waals surface area (Å²) in [5.41, 5.74) is 2.98. The van der Waals surface area contributed by atoms with Crippen LogP contribution in [-0.2, 0) is 6.54 Å². The second kappa shape index (κ2) is 7.04. The zero-order valence-corrected chi connectivity index (χ0v) is 12.5. The Balaban J connectivity index is 2.13. The van der Waals surface area contributed by atoms with Crippen molar-refractivity contribution in [2.45, 2.75) is 25.9 Å². The van der Waals surface area contributed by atoms with Crippen LogP contribution in [0.5, 0.6) is 0 Å². The monoisotopic (exact) mass is 261 g/mol. The molecule has 0 spiro atoms. The SMILES string of the molecule is CCCN(CCN(C)C)C1CNCc2ccccc21. The van der Waals surface area contributed by atoms with Gasteiger partial charge in [0.2, 0.25) is 0 Å². The van der Waals surface area contributed by atoms with E-state index >= 15 is 0 Å². The first-order chi connectivity index (χ1) is 9.22. The van der Waals surface area contributed by atoms with Crippen molar-refractivity contribution in [1.82, 2.24) is 15.1 Å². The van der Waals surface area contributed by atoms with Gasteiger partial charge in [-0.25, -0.2) is 0 Å². The summed E-state index contributed by atoms with van der Waals surface area (Å²) in [5, 5.41) is 3.56. The molecule has 19 heavy (non-hydrogen) atoms. The van der Waals surface area contributed by atoms with Gasteiger partial charge in [0.15, 0.2) is 0 Å². The number of fused-ring (bicyclic) bond motifs is 1. The third-order valence-electron chi connectivity index (χ3n) is 3.85. The number of likely N-dealkylation sites (N-methyl/N-ethyl adjacent to an activating group) is 1. The number of rotatable bonds is 6. The molecule has 1 N–H and O–H groups in total. The largest absolute Gasteiger partial charge is 0.311 e. The Morgan fingerprint density at radius 2 is 1.95 bits per heavy atom. The smallest absolute Gasteiger partial charge is 0.0476 e. The molecular weight excluding hydrogens is 234 g/mol. The zero-order valence-electron chi connectivity index (χ0n) is 12.5. The molecule has 1 aromatic carbocycles. The summed E-state index contributed by atoms with van der Waals surface area (Å²) in [5.74, 6) is 0. The molecule has 1 heterocycles. The van der Waals surface area contributed by atoms with Crippen LogP contribution in [0.4, 0.5) is 0 Å². The molecule has 3 heteroatoms. The molecule has 1 aliphatic heterocycles. The molecule has 0 saturated heterocycles. The normalized spacial score (nSPS) is 18.9. The lowest BCUT2D eigenvalue weighted by molar-refractivity contribution is 0.169. The Morgan fingerprint density at radius 3 is 2.68 bits per heavy atom. The van der Waals surface area contributed by atoms with Crippen molar-refractivity contribution in [1.29, 1.82) is 0 Å². The maximum Gasteiger partial charge on any atom is 0.0476 e. The maximum absolute atomic E-state index is 3.56. The molecule has 1 aliphatic rings. The van der Waals surface area contributed by atoms with Gasteiger partial charge in [0.05, 0.1) is 0 Å². The van der Waals surface area contributed by atoms with Crippen LogP contribution < -0.4 is 5.32 Å². The topological polar surface area (TPSA) is 18.5 Å². The van der Waals surface area contributed by atoms with Crippen LogP contribution in [0.1, 0.15) is 30.5 Å². The van der Waals surface area contributed by atoms with Crippen LogP contribution in [0, 0.1) is 0 Å². The lowest BCUT2D eigenvalue weighted by Crippen LogP contribution is -2.42. The number of hydrogen-bond donors (Lipinski definition) is 1. The van der Waals surface area contributed by atoms with Gasteiger partial charge in [-0.1, -0.05) is 31.2 Å². The first-order valence-electron chi connectivity index (χ1n) is 7.39. The molecule has 106 valence electrons. The second-order valence-electron chi connectivity index (χ2n) is 5.68. The second-order valence-corrected chi connectivity index (χ2v) is 5.68. The van der Waals surface area contributed by atoms with E-state index in [1.54, 1.807) is 0 Å². The van der Waals surface area contributed by atoms with Crippen LogP contribution in [0.3, 0.4) is 0 Å². The van der Waals surface area contributed by atoms with Crippen molar-refractivity contribution in [2.24, 2.45) is 0 Å². The molecule has 0 radical (unpaired) electrons. The van der Waals surface area contributed by atoms with Crippen molar-refractivity contribution in [2.75, 3.05) is 40.3 Å². The average molecular weight is 261 g/mol. The molecule has 0 aromatic heterocycles. The van der Waals surface area contributed by atoms with Crippen LogP contribution in [-0.4, -0.2) is 50.1 Å². The summed E-state index contributed by atoms with van der Waals surface area (Å²) in [6, 6.07) is 9.41. The standard InChI is InChI=1S/C16H27N3/c1-4-9-19(11-10-18(2)3)16-13-17-12-14-7-5-6-8-15(14)16/h5-8,16-17H,4,9-13H2,1-3H3. The Labute approximate surface area is 117 Å². The molecule has 0 aliphatic carbocycles. The van der Waals surface area contributed by atoms with E-state index in [4.69, 9.17) is 0 Å². The predicted molar refractivity (Wildman–Crippen MR) is 81.3 cm³/mol. The third kappa shape index (κ3) is 3.78. The van der Waals surface area contributed by atoms with E-state index in [1.165, 1.54) is 24.1 Å². The zero-order chi connectivity index (χ0) is 13.7. The summed E-state index contributed by atoms with van der Waals surface area (Å²) in [4.78, 5) is 4.90. The highest BCUT2D eigenvalue weighted by Crippen LogP contribution is 2.27. The minimum absolute atomic E-state index is 0.532. The van der Waals surface area contributed by atoms with Crippen LogP contribution in [0.15, 0.2) is 24.3 Å². The van der Waals surface area contributed by atoms with Gasteiger partial charge in [-0.3, -0.25) is 4.90 Å². The van der Waals surface area contributed by atoms with E-state index in [0.717, 1.165) is 26.2 Å². The Morgan fingerprint density at radius 1 is 1.16 bits per heavy atom. The summed E-state index contributed by atoms with van der Waals surface area (Å²) in [6.07, 6.45) is 1.21. The van der Waals surface area contributed by atoms with E-state index < -0.39 is 0 Å². The highest BCUT2D eigenvalue weighted by molar-refractivity contribution is 5.32. The van der Waals surface area contributed by atoms with Crippen molar-refractivity contribution in [3.63, 3.8) is 0 Å². The lowest BCUT2D eigenvalue weighted by Gasteiger charge is -2.36. The molecule has 1 unspecified atom stereocenters. The van der Waals surface area contributed by atoms with Crippen molar-refractivity contribution >= 4 is 0 Å². The van der Waals surface area contributed by atoms with E-state index in [2.05, 4.69) is 60.4 Å². The Kier molecular flexibility index (Phi) is 5.37. The molecule has 1 aromatic rings. The lowest BCUT2D eigenvalue weighted by atomic mass is 9.95. The van der Waals surface area contributed by atoms with Crippen LogP contribution >= 0.6 is 0 Å². The Hall–Kier alpha value is -0.900. The third-order valence-corrected chi connectivity index (χ3v) is 3.85. The highest BCUT2D eigenvalue weighted by atomic mass is 15.2. The molecule has 1 atom stereocenters. The average Bonchev–Trinajstić information content (AvgIpc) is 2.43. The molecule has 0 amide bonds. The molecule has 3 nitrogen and oxygen atoms in total. The van der Waals surface area contributed by atoms with Gasteiger partial charge in [-0.2, -0.15) is 0 Å². The molecule has 0 saturated carbocycles. The molecular formula is C16H27N3.